The van der Waals surface area contributed by atoms with E-state index >= 15 is 0 Å². The van der Waals surface area contributed by atoms with Gasteiger partial charge in [-0.1, -0.05) is 87.1 Å². The molecule has 3 aliphatic rings. The van der Waals surface area contributed by atoms with Crippen molar-refractivity contribution in [2.24, 2.45) is 5.92 Å². The van der Waals surface area contributed by atoms with Gasteiger partial charge in [0.25, 0.3) is 0 Å². The third-order valence-corrected chi connectivity index (χ3v) is 6.85. The molecule has 0 aliphatic heterocycles. The van der Waals surface area contributed by atoms with E-state index in [2.05, 4.69) is 6.92 Å². The van der Waals surface area contributed by atoms with E-state index in [0.717, 1.165) is 24.8 Å². The SMILES string of the molecule is CCCCCCCCOC(=O)C1CC2(O)c3ccccc3C1(O)c1ccc(C)cc12. The number of hydrogen-bond donors (Lipinski definition) is 2. The van der Waals surface area contributed by atoms with Crippen LogP contribution in [0.2, 0.25) is 0 Å². The highest BCUT2D eigenvalue weighted by molar-refractivity contribution is 5.79. The van der Waals surface area contributed by atoms with E-state index in [1.165, 1.54) is 19.3 Å². The molecule has 3 atom stereocenters. The number of hydrogen-bond acceptors (Lipinski definition) is 4. The molecule has 2 aromatic rings. The maximum absolute atomic E-state index is 13.1. The van der Waals surface area contributed by atoms with Crippen molar-refractivity contribution in [3.63, 3.8) is 0 Å². The predicted molar refractivity (Wildman–Crippen MR) is 116 cm³/mol. The van der Waals surface area contributed by atoms with E-state index < -0.39 is 23.1 Å². The summed E-state index contributed by atoms with van der Waals surface area (Å²) in [5.74, 6) is -1.25. The zero-order chi connectivity index (χ0) is 21.4. The van der Waals surface area contributed by atoms with Gasteiger partial charge in [-0.05, 0) is 35.6 Å². The van der Waals surface area contributed by atoms with Crippen LogP contribution >= 0.6 is 0 Å². The molecule has 0 saturated carbocycles. The second kappa shape index (κ2) is 8.16. The van der Waals surface area contributed by atoms with Crippen LogP contribution in [0.25, 0.3) is 0 Å². The van der Waals surface area contributed by atoms with Crippen LogP contribution in [0.1, 0.15) is 79.7 Å². The topological polar surface area (TPSA) is 66.8 Å². The van der Waals surface area contributed by atoms with Gasteiger partial charge >= 0.3 is 5.97 Å². The number of ether oxygens (including phenoxy) is 1. The minimum Gasteiger partial charge on any atom is -0.465 e. The van der Waals surface area contributed by atoms with Crippen LogP contribution in [0.5, 0.6) is 0 Å². The zero-order valence-electron chi connectivity index (χ0n) is 18.0. The average molecular weight is 409 g/mol. The minimum atomic E-state index is -1.48. The Morgan fingerprint density at radius 1 is 0.967 bits per heavy atom. The molecule has 160 valence electrons. The van der Waals surface area contributed by atoms with Crippen LogP contribution in [-0.2, 0) is 20.7 Å². The summed E-state index contributed by atoms with van der Waals surface area (Å²) in [6.45, 7) is 4.52. The first kappa shape index (κ1) is 21.1. The van der Waals surface area contributed by atoms with E-state index in [9.17, 15) is 15.0 Å². The molecular formula is C26H32O4. The Morgan fingerprint density at radius 3 is 2.40 bits per heavy atom. The molecule has 0 spiro atoms. The van der Waals surface area contributed by atoms with Crippen molar-refractivity contribution >= 4 is 5.97 Å². The molecule has 4 heteroatoms. The monoisotopic (exact) mass is 408 g/mol. The third kappa shape index (κ3) is 3.27. The normalized spacial score (nSPS) is 26.2. The Bertz CT molecular complexity index is 936. The lowest BCUT2D eigenvalue weighted by atomic mass is 9.54. The summed E-state index contributed by atoms with van der Waals surface area (Å²) < 4.78 is 5.59. The van der Waals surface area contributed by atoms with Crippen LogP contribution in [-0.4, -0.2) is 22.8 Å². The molecule has 2 bridgehead atoms. The van der Waals surface area contributed by atoms with Gasteiger partial charge in [0.15, 0.2) is 0 Å². The largest absolute Gasteiger partial charge is 0.465 e. The van der Waals surface area contributed by atoms with Crippen LogP contribution in [0, 0.1) is 12.8 Å². The first-order valence-electron chi connectivity index (χ1n) is 11.3. The number of carbonyl (C=O) groups excluding carboxylic acids is 1. The molecular weight excluding hydrogens is 376 g/mol. The van der Waals surface area contributed by atoms with Gasteiger partial charge in [0.2, 0.25) is 0 Å². The second-order valence-electron chi connectivity index (χ2n) is 8.91. The van der Waals surface area contributed by atoms with Gasteiger partial charge in [0.05, 0.1) is 12.5 Å². The van der Waals surface area contributed by atoms with Gasteiger partial charge in [0.1, 0.15) is 11.2 Å². The first-order valence-corrected chi connectivity index (χ1v) is 11.3. The molecule has 30 heavy (non-hydrogen) atoms. The van der Waals surface area contributed by atoms with Crippen molar-refractivity contribution in [3.05, 3.63) is 70.3 Å². The number of rotatable bonds is 8. The summed E-state index contributed by atoms with van der Waals surface area (Å²) in [4.78, 5) is 13.1. The van der Waals surface area contributed by atoms with Crippen LogP contribution in [0.3, 0.4) is 0 Å². The molecule has 0 saturated heterocycles. The molecule has 0 aromatic heterocycles. The van der Waals surface area contributed by atoms with Crippen molar-refractivity contribution in [2.45, 2.75) is 70.0 Å². The number of fused-ring (bicyclic) bond motifs is 1. The summed E-state index contributed by atoms with van der Waals surface area (Å²) in [6.07, 6.45) is 6.82. The Balaban J connectivity index is 1.58. The quantitative estimate of drug-likeness (QED) is 0.491. The highest BCUT2D eigenvalue weighted by Gasteiger charge is 2.62. The van der Waals surface area contributed by atoms with Crippen LogP contribution in [0.15, 0.2) is 42.5 Å². The predicted octanol–water partition coefficient (Wildman–Crippen LogP) is 4.70. The Labute approximate surface area is 178 Å². The highest BCUT2D eigenvalue weighted by Crippen LogP contribution is 2.59. The van der Waals surface area contributed by atoms with Crippen molar-refractivity contribution < 1.29 is 19.7 Å². The van der Waals surface area contributed by atoms with E-state index in [1.807, 2.05) is 49.4 Å². The Morgan fingerprint density at radius 2 is 1.63 bits per heavy atom. The Hall–Kier alpha value is -2.17. The number of aryl methyl sites for hydroxylation is 1. The van der Waals surface area contributed by atoms with E-state index in [4.69, 9.17) is 4.74 Å². The lowest BCUT2D eigenvalue weighted by Gasteiger charge is -2.53. The maximum atomic E-state index is 13.1. The molecule has 2 N–H and O–H groups in total. The van der Waals surface area contributed by atoms with Crippen molar-refractivity contribution in [2.75, 3.05) is 6.61 Å². The fourth-order valence-corrected chi connectivity index (χ4v) is 5.25. The van der Waals surface area contributed by atoms with Gasteiger partial charge in [-0.15, -0.1) is 0 Å². The number of carbonyl (C=O) groups is 1. The molecule has 2 aromatic carbocycles. The van der Waals surface area contributed by atoms with Gasteiger partial charge in [-0.3, -0.25) is 4.79 Å². The molecule has 5 rings (SSSR count). The molecule has 3 unspecified atom stereocenters. The molecule has 0 heterocycles. The van der Waals surface area contributed by atoms with E-state index in [1.54, 1.807) is 0 Å². The molecule has 3 aliphatic carbocycles. The lowest BCUT2D eigenvalue weighted by Crippen LogP contribution is -2.57. The summed E-state index contributed by atoms with van der Waals surface area (Å²) >= 11 is 0. The Kier molecular flexibility index (Phi) is 5.73. The van der Waals surface area contributed by atoms with Gasteiger partial charge in [-0.2, -0.15) is 0 Å². The number of aliphatic hydroxyl groups is 2. The molecule has 0 fully saturated rings. The van der Waals surface area contributed by atoms with Crippen molar-refractivity contribution in [1.82, 2.24) is 0 Å². The standard InChI is InChI=1S/C26H32O4/c1-3-4-5-6-7-10-15-30-24(27)23-17-25(28)19-11-8-9-12-20(19)26(23,29)21-14-13-18(2)16-22(21)25/h8-9,11-14,16,23,28-29H,3-7,10,15,17H2,1-2H3. The maximum Gasteiger partial charge on any atom is 0.312 e. The number of benzene rings is 2. The van der Waals surface area contributed by atoms with Crippen molar-refractivity contribution in [3.8, 4) is 0 Å². The molecule has 0 amide bonds. The molecule has 4 nitrogen and oxygen atoms in total. The highest BCUT2D eigenvalue weighted by atomic mass is 16.5. The van der Waals surface area contributed by atoms with Gasteiger partial charge in [-0.25, -0.2) is 0 Å². The van der Waals surface area contributed by atoms with E-state index in [-0.39, 0.29) is 6.42 Å². The third-order valence-electron chi connectivity index (χ3n) is 6.85. The summed E-state index contributed by atoms with van der Waals surface area (Å²) in [5, 5.41) is 23.7. The van der Waals surface area contributed by atoms with Gasteiger partial charge in [0, 0.05) is 6.42 Å². The minimum absolute atomic E-state index is 0.131. The van der Waals surface area contributed by atoms with Crippen LogP contribution in [0.4, 0.5) is 0 Å². The summed E-state index contributed by atoms with van der Waals surface area (Å²) in [6, 6.07) is 13.1. The van der Waals surface area contributed by atoms with Gasteiger partial charge < -0.3 is 14.9 Å². The van der Waals surface area contributed by atoms with Crippen molar-refractivity contribution in [1.29, 1.82) is 0 Å². The van der Waals surface area contributed by atoms with Crippen LogP contribution < -0.4 is 0 Å². The second-order valence-corrected chi connectivity index (χ2v) is 8.91. The average Bonchev–Trinajstić information content (AvgIpc) is 2.75. The lowest BCUT2D eigenvalue weighted by molar-refractivity contribution is -0.167. The fraction of sp³-hybridized carbons (Fsp3) is 0.500. The summed E-state index contributed by atoms with van der Waals surface area (Å²) in [7, 11) is 0. The first-order chi connectivity index (χ1) is 14.4. The van der Waals surface area contributed by atoms with E-state index in [0.29, 0.717) is 28.9 Å². The fourth-order valence-electron chi connectivity index (χ4n) is 5.25. The number of unbranched alkanes of at least 4 members (excludes halogenated alkanes) is 5. The number of esters is 1. The molecule has 0 radical (unpaired) electrons. The smallest absolute Gasteiger partial charge is 0.312 e. The zero-order valence-corrected chi connectivity index (χ0v) is 18.0. The summed E-state index contributed by atoms with van der Waals surface area (Å²) in [5.41, 5.74) is 0.833.